The molecule has 0 bridgehead atoms. The first-order valence-corrected chi connectivity index (χ1v) is 4.95. The Bertz CT molecular complexity index is 301. The highest BCUT2D eigenvalue weighted by Crippen LogP contribution is 1.97. The summed E-state index contributed by atoms with van der Waals surface area (Å²) in [6, 6.07) is 8.96. The van der Waals surface area contributed by atoms with E-state index in [1.165, 1.54) is 0 Å². The van der Waals surface area contributed by atoms with Gasteiger partial charge in [-0.25, -0.2) is 0 Å². The van der Waals surface area contributed by atoms with Crippen LogP contribution in [0.25, 0.3) is 0 Å². The lowest BCUT2D eigenvalue weighted by atomic mass is 10.2. The van der Waals surface area contributed by atoms with E-state index in [0.29, 0.717) is 18.5 Å². The predicted molar refractivity (Wildman–Crippen MR) is 58.5 cm³/mol. The molecule has 0 heterocycles. The van der Waals surface area contributed by atoms with Crippen molar-refractivity contribution >= 4 is 5.91 Å². The van der Waals surface area contributed by atoms with Gasteiger partial charge in [0.1, 0.15) is 0 Å². The van der Waals surface area contributed by atoms with E-state index in [9.17, 15) is 4.79 Å². The Morgan fingerprint density at radius 1 is 1.40 bits per heavy atom. The fourth-order valence-corrected chi connectivity index (χ4v) is 1.16. The zero-order chi connectivity index (χ0) is 11.1. The number of rotatable bonds is 5. The molecule has 0 aliphatic rings. The molecule has 1 rings (SSSR count). The zero-order valence-corrected chi connectivity index (χ0v) is 8.52. The second-order valence-electron chi connectivity index (χ2n) is 3.30. The van der Waals surface area contributed by atoms with Gasteiger partial charge in [0.05, 0.1) is 6.10 Å². The van der Waals surface area contributed by atoms with Gasteiger partial charge in [-0.15, -0.1) is 0 Å². The zero-order valence-electron chi connectivity index (χ0n) is 8.52. The van der Waals surface area contributed by atoms with Crippen molar-refractivity contribution in [3.63, 3.8) is 0 Å². The van der Waals surface area contributed by atoms with E-state index >= 15 is 0 Å². The molecule has 0 saturated carbocycles. The first-order valence-electron chi connectivity index (χ1n) is 4.95. The molecule has 4 heteroatoms. The van der Waals surface area contributed by atoms with Crippen LogP contribution in [0.4, 0.5) is 0 Å². The number of carbonyl (C=O) groups excluding carboxylic acids is 1. The quantitative estimate of drug-likeness (QED) is 0.643. The molecular formula is C11H16N2O2. The van der Waals surface area contributed by atoms with Crippen molar-refractivity contribution in [2.45, 2.75) is 12.5 Å². The smallest absolute Gasteiger partial charge is 0.251 e. The molecule has 1 aromatic carbocycles. The summed E-state index contributed by atoms with van der Waals surface area (Å²) in [6.45, 7) is 0.660. The average molecular weight is 208 g/mol. The second kappa shape index (κ2) is 6.16. The van der Waals surface area contributed by atoms with Gasteiger partial charge in [0, 0.05) is 18.7 Å². The molecule has 1 atom stereocenters. The summed E-state index contributed by atoms with van der Waals surface area (Å²) in [5, 5.41) is 11.9. The van der Waals surface area contributed by atoms with Crippen molar-refractivity contribution in [3.05, 3.63) is 35.9 Å². The van der Waals surface area contributed by atoms with Gasteiger partial charge in [-0.2, -0.15) is 0 Å². The minimum Gasteiger partial charge on any atom is -0.392 e. The van der Waals surface area contributed by atoms with Crippen LogP contribution in [0.15, 0.2) is 30.3 Å². The molecule has 0 saturated heterocycles. The summed E-state index contributed by atoms with van der Waals surface area (Å²) in [4.78, 5) is 11.5. The van der Waals surface area contributed by atoms with Gasteiger partial charge in [-0.1, -0.05) is 18.2 Å². The van der Waals surface area contributed by atoms with Gasteiger partial charge in [-0.3, -0.25) is 4.79 Å². The van der Waals surface area contributed by atoms with E-state index in [4.69, 9.17) is 10.8 Å². The molecule has 82 valence electrons. The maximum absolute atomic E-state index is 11.5. The monoisotopic (exact) mass is 208 g/mol. The Balaban J connectivity index is 2.31. The number of benzene rings is 1. The fraction of sp³-hybridized carbons (Fsp3) is 0.364. The van der Waals surface area contributed by atoms with Crippen molar-refractivity contribution in [1.29, 1.82) is 0 Å². The first kappa shape index (κ1) is 11.7. The predicted octanol–water partition coefficient (Wildman–Crippen LogP) is 0.126. The maximum atomic E-state index is 11.5. The van der Waals surface area contributed by atoms with Gasteiger partial charge in [0.25, 0.3) is 5.91 Å². The van der Waals surface area contributed by atoms with Crippen molar-refractivity contribution in [2.75, 3.05) is 13.1 Å². The third-order valence-corrected chi connectivity index (χ3v) is 2.07. The van der Waals surface area contributed by atoms with Crippen LogP contribution >= 0.6 is 0 Å². The van der Waals surface area contributed by atoms with Crippen LogP contribution in [0.5, 0.6) is 0 Å². The minimum absolute atomic E-state index is 0.125. The number of aliphatic hydroxyl groups is 1. The molecule has 15 heavy (non-hydrogen) atoms. The molecular weight excluding hydrogens is 192 g/mol. The Morgan fingerprint density at radius 3 is 2.67 bits per heavy atom. The van der Waals surface area contributed by atoms with E-state index in [2.05, 4.69) is 5.32 Å². The molecule has 0 fully saturated rings. The number of hydrogen-bond donors (Lipinski definition) is 3. The topological polar surface area (TPSA) is 75.3 Å². The summed E-state index contributed by atoms with van der Waals surface area (Å²) < 4.78 is 0. The van der Waals surface area contributed by atoms with E-state index in [1.54, 1.807) is 12.1 Å². The van der Waals surface area contributed by atoms with E-state index in [1.807, 2.05) is 18.2 Å². The van der Waals surface area contributed by atoms with Crippen LogP contribution in [-0.2, 0) is 0 Å². The first-order chi connectivity index (χ1) is 7.24. The lowest BCUT2D eigenvalue weighted by Crippen LogP contribution is -2.29. The van der Waals surface area contributed by atoms with Gasteiger partial charge in [0.15, 0.2) is 0 Å². The summed E-state index contributed by atoms with van der Waals surface area (Å²) >= 11 is 0. The van der Waals surface area contributed by atoms with Crippen LogP contribution in [0.3, 0.4) is 0 Å². The SMILES string of the molecule is NCC(O)CCNC(=O)c1ccccc1. The number of nitrogens with one attached hydrogen (secondary N) is 1. The largest absolute Gasteiger partial charge is 0.392 e. The highest BCUT2D eigenvalue weighted by molar-refractivity contribution is 5.94. The second-order valence-corrected chi connectivity index (χ2v) is 3.30. The molecule has 0 aliphatic carbocycles. The average Bonchev–Trinajstić information content (AvgIpc) is 2.29. The summed E-state index contributed by atoms with van der Waals surface area (Å²) in [5.74, 6) is -0.125. The number of carbonyl (C=O) groups is 1. The Labute approximate surface area is 89.1 Å². The molecule has 4 nitrogen and oxygen atoms in total. The van der Waals surface area contributed by atoms with Gasteiger partial charge < -0.3 is 16.2 Å². The summed E-state index contributed by atoms with van der Waals surface area (Å²) in [6.07, 6.45) is -0.0594. The highest BCUT2D eigenvalue weighted by Gasteiger charge is 2.05. The van der Waals surface area contributed by atoms with E-state index < -0.39 is 6.10 Å². The number of amides is 1. The van der Waals surface area contributed by atoms with Gasteiger partial charge >= 0.3 is 0 Å². The molecule has 0 spiro atoms. The minimum atomic E-state index is -0.541. The number of hydrogen-bond acceptors (Lipinski definition) is 3. The molecule has 1 unspecified atom stereocenters. The molecule has 4 N–H and O–H groups in total. The number of aliphatic hydroxyl groups excluding tert-OH is 1. The van der Waals surface area contributed by atoms with Crippen molar-refractivity contribution in [1.82, 2.24) is 5.32 Å². The van der Waals surface area contributed by atoms with Crippen LogP contribution < -0.4 is 11.1 Å². The third-order valence-electron chi connectivity index (χ3n) is 2.07. The fourth-order valence-electron chi connectivity index (χ4n) is 1.16. The van der Waals surface area contributed by atoms with Crippen molar-refractivity contribution in [3.8, 4) is 0 Å². The van der Waals surface area contributed by atoms with Crippen LogP contribution in [0.1, 0.15) is 16.8 Å². The van der Waals surface area contributed by atoms with Gasteiger partial charge in [-0.05, 0) is 18.6 Å². The molecule has 1 aromatic rings. The number of nitrogens with two attached hydrogens (primary N) is 1. The van der Waals surface area contributed by atoms with Gasteiger partial charge in [0.2, 0.25) is 0 Å². The normalized spacial score (nSPS) is 12.1. The molecule has 0 radical (unpaired) electrons. The van der Waals surface area contributed by atoms with Crippen LogP contribution in [-0.4, -0.2) is 30.2 Å². The lowest BCUT2D eigenvalue weighted by molar-refractivity contribution is 0.0944. The van der Waals surface area contributed by atoms with E-state index in [-0.39, 0.29) is 12.5 Å². The molecule has 1 amide bonds. The summed E-state index contributed by atoms with van der Waals surface area (Å²) in [5.41, 5.74) is 5.86. The Morgan fingerprint density at radius 2 is 2.07 bits per heavy atom. The standard InChI is InChI=1S/C11H16N2O2/c12-8-10(14)6-7-13-11(15)9-4-2-1-3-5-9/h1-5,10,14H,6-8,12H2,(H,13,15). The highest BCUT2D eigenvalue weighted by atomic mass is 16.3. The van der Waals surface area contributed by atoms with Crippen molar-refractivity contribution < 1.29 is 9.90 Å². The van der Waals surface area contributed by atoms with Crippen LogP contribution in [0, 0.1) is 0 Å². The van der Waals surface area contributed by atoms with E-state index in [0.717, 1.165) is 0 Å². The van der Waals surface area contributed by atoms with Crippen molar-refractivity contribution in [2.24, 2.45) is 5.73 Å². The summed E-state index contributed by atoms with van der Waals surface area (Å²) in [7, 11) is 0. The van der Waals surface area contributed by atoms with Crippen LogP contribution in [0.2, 0.25) is 0 Å². The maximum Gasteiger partial charge on any atom is 0.251 e. The lowest BCUT2D eigenvalue weighted by Gasteiger charge is -2.08. The Kier molecular flexibility index (Phi) is 4.80. The third kappa shape index (κ3) is 4.10. The molecule has 0 aliphatic heterocycles. The molecule has 0 aromatic heterocycles. The Hall–Kier alpha value is -1.39.